The molecule has 3 N–H and O–H groups in total. The Morgan fingerprint density at radius 3 is 2.56 bits per heavy atom. The van der Waals surface area contributed by atoms with Crippen LogP contribution in [0.3, 0.4) is 0 Å². The van der Waals surface area contributed by atoms with Gasteiger partial charge < -0.3 is 16.0 Å². The Morgan fingerprint density at radius 2 is 2.00 bits per heavy atom. The van der Waals surface area contributed by atoms with Crippen LogP contribution in [-0.4, -0.2) is 68.6 Å². The van der Waals surface area contributed by atoms with E-state index in [0.29, 0.717) is 6.54 Å². The van der Waals surface area contributed by atoms with Gasteiger partial charge in [-0.05, 0) is 13.5 Å². The van der Waals surface area contributed by atoms with Gasteiger partial charge in [-0.1, -0.05) is 13.3 Å². The highest BCUT2D eigenvalue weighted by Crippen LogP contribution is 2.04. The van der Waals surface area contributed by atoms with Crippen molar-refractivity contribution < 1.29 is 4.79 Å². The van der Waals surface area contributed by atoms with Crippen molar-refractivity contribution in [3.05, 3.63) is 0 Å². The number of hydrogen-bond acceptors (Lipinski definition) is 4. The first-order chi connectivity index (χ1) is 8.67. The Kier molecular flexibility index (Phi) is 7.23. The molecular weight excluding hydrogens is 228 g/mol. The topological polar surface area (TPSA) is 61.6 Å². The molecular formula is C13H28N4O. The molecule has 1 aliphatic rings. The molecule has 0 aromatic rings. The first-order valence-electron chi connectivity index (χ1n) is 7.06. The monoisotopic (exact) mass is 256 g/mol. The Morgan fingerprint density at radius 1 is 1.33 bits per heavy atom. The van der Waals surface area contributed by atoms with E-state index in [1.54, 1.807) is 0 Å². The molecule has 0 spiro atoms. The highest BCUT2D eigenvalue weighted by Gasteiger charge is 2.16. The summed E-state index contributed by atoms with van der Waals surface area (Å²) in [6.45, 7) is 8.66. The van der Waals surface area contributed by atoms with Crippen LogP contribution in [-0.2, 0) is 4.79 Å². The molecule has 1 amide bonds. The third kappa shape index (κ3) is 5.33. The van der Waals surface area contributed by atoms with Gasteiger partial charge in [-0.3, -0.25) is 9.69 Å². The Labute approximate surface area is 111 Å². The van der Waals surface area contributed by atoms with Gasteiger partial charge in [0.05, 0.1) is 5.92 Å². The summed E-state index contributed by atoms with van der Waals surface area (Å²) >= 11 is 0. The van der Waals surface area contributed by atoms with Crippen LogP contribution < -0.4 is 11.1 Å². The lowest BCUT2D eigenvalue weighted by molar-refractivity contribution is -0.125. The van der Waals surface area contributed by atoms with Crippen molar-refractivity contribution in [2.24, 2.45) is 11.7 Å². The Bertz CT molecular complexity index is 239. The van der Waals surface area contributed by atoms with Gasteiger partial charge in [0.15, 0.2) is 0 Å². The van der Waals surface area contributed by atoms with Crippen LogP contribution >= 0.6 is 0 Å². The number of rotatable bonds is 7. The average molecular weight is 256 g/mol. The summed E-state index contributed by atoms with van der Waals surface area (Å²) in [7, 11) is 2.15. The maximum absolute atomic E-state index is 11.8. The van der Waals surface area contributed by atoms with Crippen molar-refractivity contribution in [1.29, 1.82) is 0 Å². The minimum Gasteiger partial charge on any atom is -0.355 e. The zero-order valence-corrected chi connectivity index (χ0v) is 11.8. The van der Waals surface area contributed by atoms with Crippen molar-refractivity contribution in [3.8, 4) is 0 Å². The summed E-state index contributed by atoms with van der Waals surface area (Å²) in [5.74, 6) is 0.107. The van der Waals surface area contributed by atoms with Crippen LogP contribution in [0.1, 0.15) is 19.8 Å². The second kappa shape index (κ2) is 8.45. The molecule has 1 unspecified atom stereocenters. The number of amides is 1. The molecule has 0 bridgehead atoms. The van der Waals surface area contributed by atoms with E-state index in [0.717, 1.165) is 52.1 Å². The van der Waals surface area contributed by atoms with Crippen LogP contribution in [0, 0.1) is 5.92 Å². The second-order valence-electron chi connectivity index (χ2n) is 5.16. The van der Waals surface area contributed by atoms with E-state index in [4.69, 9.17) is 5.73 Å². The molecule has 5 heteroatoms. The van der Waals surface area contributed by atoms with E-state index in [9.17, 15) is 4.79 Å². The van der Waals surface area contributed by atoms with Crippen molar-refractivity contribution in [2.45, 2.75) is 19.8 Å². The van der Waals surface area contributed by atoms with Gasteiger partial charge in [-0.2, -0.15) is 0 Å². The van der Waals surface area contributed by atoms with Crippen LogP contribution in [0.5, 0.6) is 0 Å². The summed E-state index contributed by atoms with van der Waals surface area (Å²) in [5.41, 5.74) is 5.61. The van der Waals surface area contributed by atoms with Gasteiger partial charge in [0.1, 0.15) is 0 Å². The number of carbonyl (C=O) groups excluding carboxylic acids is 1. The maximum Gasteiger partial charge on any atom is 0.224 e. The smallest absolute Gasteiger partial charge is 0.224 e. The number of hydrogen-bond donors (Lipinski definition) is 2. The minimum atomic E-state index is -0.0116. The molecule has 106 valence electrons. The van der Waals surface area contributed by atoms with E-state index in [1.165, 1.54) is 0 Å². The molecule has 0 aromatic carbocycles. The van der Waals surface area contributed by atoms with E-state index in [2.05, 4.69) is 29.1 Å². The number of nitrogens with two attached hydrogens (primary N) is 1. The van der Waals surface area contributed by atoms with Crippen LogP contribution in [0.4, 0.5) is 0 Å². The number of nitrogens with one attached hydrogen (secondary N) is 1. The average Bonchev–Trinajstić information content (AvgIpc) is 2.38. The predicted octanol–water partition coefficient (Wildman–Crippen LogP) is -0.275. The van der Waals surface area contributed by atoms with E-state index >= 15 is 0 Å². The molecule has 0 radical (unpaired) electrons. The Hall–Kier alpha value is -0.650. The largest absolute Gasteiger partial charge is 0.355 e. The lowest BCUT2D eigenvalue weighted by Gasteiger charge is -2.32. The zero-order valence-electron chi connectivity index (χ0n) is 11.8. The fraction of sp³-hybridized carbons (Fsp3) is 0.923. The molecule has 1 rings (SSSR count). The number of carbonyl (C=O) groups is 1. The molecule has 1 aliphatic heterocycles. The van der Waals surface area contributed by atoms with Gasteiger partial charge in [0, 0.05) is 45.8 Å². The number of likely N-dealkylation sites (N-methyl/N-ethyl adjacent to an activating group) is 1. The fourth-order valence-electron chi connectivity index (χ4n) is 2.26. The first-order valence-corrected chi connectivity index (χ1v) is 7.06. The Balaban J connectivity index is 2.14. The normalized spacial score (nSPS) is 19.7. The molecule has 0 saturated carbocycles. The van der Waals surface area contributed by atoms with Crippen molar-refractivity contribution in [1.82, 2.24) is 15.1 Å². The highest BCUT2D eigenvalue weighted by molar-refractivity contribution is 5.78. The number of piperazine rings is 1. The quantitative estimate of drug-likeness (QED) is 0.658. The van der Waals surface area contributed by atoms with Crippen LogP contribution in [0.15, 0.2) is 0 Å². The van der Waals surface area contributed by atoms with Gasteiger partial charge >= 0.3 is 0 Å². The van der Waals surface area contributed by atoms with Crippen molar-refractivity contribution in [2.75, 3.05) is 52.9 Å². The summed E-state index contributed by atoms with van der Waals surface area (Å²) in [6.07, 6.45) is 1.89. The van der Waals surface area contributed by atoms with Gasteiger partial charge in [0.2, 0.25) is 5.91 Å². The SMILES string of the molecule is CCCC(CN)C(=O)NCCN1CCN(C)CC1. The number of nitrogens with zero attached hydrogens (tertiary/aromatic N) is 2. The predicted molar refractivity (Wildman–Crippen MR) is 74.4 cm³/mol. The molecule has 1 heterocycles. The second-order valence-corrected chi connectivity index (χ2v) is 5.16. The summed E-state index contributed by atoms with van der Waals surface area (Å²) < 4.78 is 0. The molecule has 1 saturated heterocycles. The third-order valence-corrected chi connectivity index (χ3v) is 3.62. The van der Waals surface area contributed by atoms with E-state index < -0.39 is 0 Å². The molecule has 5 nitrogen and oxygen atoms in total. The molecule has 1 fully saturated rings. The fourth-order valence-corrected chi connectivity index (χ4v) is 2.26. The minimum absolute atomic E-state index is 0.0116. The lowest BCUT2D eigenvalue weighted by atomic mass is 10.0. The molecule has 0 aromatic heterocycles. The third-order valence-electron chi connectivity index (χ3n) is 3.62. The lowest BCUT2D eigenvalue weighted by Crippen LogP contribution is -2.47. The summed E-state index contributed by atoms with van der Waals surface area (Å²) in [4.78, 5) is 16.6. The molecule has 18 heavy (non-hydrogen) atoms. The van der Waals surface area contributed by atoms with Gasteiger partial charge in [0.25, 0.3) is 0 Å². The zero-order chi connectivity index (χ0) is 13.4. The summed E-state index contributed by atoms with van der Waals surface area (Å²) in [5, 5.41) is 3.00. The standard InChI is InChI=1S/C13H28N4O/c1-3-4-12(11-14)13(18)15-5-6-17-9-7-16(2)8-10-17/h12H,3-11,14H2,1-2H3,(H,15,18). The van der Waals surface area contributed by atoms with Crippen LogP contribution in [0.2, 0.25) is 0 Å². The molecule has 1 atom stereocenters. The summed E-state index contributed by atoms with van der Waals surface area (Å²) in [6, 6.07) is 0. The molecule has 0 aliphatic carbocycles. The van der Waals surface area contributed by atoms with E-state index in [1.807, 2.05) is 0 Å². The van der Waals surface area contributed by atoms with Gasteiger partial charge in [-0.25, -0.2) is 0 Å². The van der Waals surface area contributed by atoms with Crippen molar-refractivity contribution >= 4 is 5.91 Å². The van der Waals surface area contributed by atoms with E-state index in [-0.39, 0.29) is 11.8 Å². The van der Waals surface area contributed by atoms with Crippen molar-refractivity contribution in [3.63, 3.8) is 0 Å². The highest BCUT2D eigenvalue weighted by atomic mass is 16.1. The first kappa shape index (κ1) is 15.4. The van der Waals surface area contributed by atoms with Crippen LogP contribution in [0.25, 0.3) is 0 Å². The maximum atomic E-state index is 11.8. The van der Waals surface area contributed by atoms with Gasteiger partial charge in [-0.15, -0.1) is 0 Å².